The van der Waals surface area contributed by atoms with Crippen LogP contribution in [0.15, 0.2) is 54.7 Å². The number of rotatable bonds is 5. The summed E-state index contributed by atoms with van der Waals surface area (Å²) in [5, 5.41) is 7.75. The number of amides is 1. The molecule has 1 amide bonds. The molecule has 0 aliphatic heterocycles. The maximum Gasteiger partial charge on any atom is 0.255 e. The van der Waals surface area contributed by atoms with Crippen molar-refractivity contribution < 1.29 is 13.9 Å². The molecule has 4 rings (SSSR count). The summed E-state index contributed by atoms with van der Waals surface area (Å²) in [6, 6.07) is 13.7. The molecule has 28 heavy (non-hydrogen) atoms. The fourth-order valence-electron chi connectivity index (χ4n) is 3.58. The molecule has 0 unspecified atom stereocenters. The molecule has 2 aromatic carbocycles. The van der Waals surface area contributed by atoms with Crippen LogP contribution in [-0.4, -0.2) is 28.8 Å². The zero-order valence-electron chi connectivity index (χ0n) is 15.7. The number of benzene rings is 2. The first-order chi connectivity index (χ1) is 13.6. The van der Waals surface area contributed by atoms with Gasteiger partial charge in [-0.2, -0.15) is 5.10 Å². The molecule has 3 aromatic rings. The lowest BCUT2D eigenvalue weighted by Crippen LogP contribution is -2.32. The molecule has 6 heteroatoms. The van der Waals surface area contributed by atoms with Gasteiger partial charge in [0, 0.05) is 17.8 Å². The summed E-state index contributed by atoms with van der Waals surface area (Å²) in [7, 11) is 1.60. The Kier molecular flexibility index (Phi) is 5.10. The lowest BCUT2D eigenvalue weighted by molar-refractivity contribution is 0.0938. The van der Waals surface area contributed by atoms with E-state index >= 15 is 0 Å². The SMILES string of the molecule is COc1cccc(-c2nn(-c3ccc(F)cc3)cc2C(=O)NC2CCCC2)c1. The molecule has 1 aliphatic rings. The van der Waals surface area contributed by atoms with E-state index in [9.17, 15) is 9.18 Å². The van der Waals surface area contributed by atoms with E-state index in [-0.39, 0.29) is 17.8 Å². The summed E-state index contributed by atoms with van der Waals surface area (Å²) in [6.07, 6.45) is 6.00. The molecule has 0 saturated heterocycles. The van der Waals surface area contributed by atoms with Crippen LogP contribution in [0.2, 0.25) is 0 Å². The third-order valence-electron chi connectivity index (χ3n) is 5.08. The topological polar surface area (TPSA) is 56.2 Å². The van der Waals surface area contributed by atoms with Crippen LogP contribution in [0.1, 0.15) is 36.0 Å². The highest BCUT2D eigenvalue weighted by molar-refractivity contribution is 6.00. The fourth-order valence-corrected chi connectivity index (χ4v) is 3.58. The average molecular weight is 379 g/mol. The van der Waals surface area contributed by atoms with Crippen LogP contribution >= 0.6 is 0 Å². The first-order valence-electron chi connectivity index (χ1n) is 9.45. The molecule has 0 spiro atoms. The molecule has 5 nitrogen and oxygen atoms in total. The molecule has 1 aliphatic carbocycles. The van der Waals surface area contributed by atoms with Crippen molar-refractivity contribution in [3.63, 3.8) is 0 Å². The number of methoxy groups -OCH3 is 1. The summed E-state index contributed by atoms with van der Waals surface area (Å²) in [5.41, 5.74) is 2.53. The van der Waals surface area contributed by atoms with Crippen molar-refractivity contribution in [1.29, 1.82) is 0 Å². The Bertz CT molecular complexity index is 976. The normalized spacial score (nSPS) is 14.2. The molecular formula is C22H22FN3O2. The number of nitrogens with zero attached hydrogens (tertiary/aromatic N) is 2. The summed E-state index contributed by atoms with van der Waals surface area (Å²) in [5.74, 6) is 0.234. The molecule has 1 fully saturated rings. The van der Waals surface area contributed by atoms with Gasteiger partial charge < -0.3 is 10.1 Å². The number of carbonyl (C=O) groups is 1. The zero-order valence-corrected chi connectivity index (χ0v) is 15.7. The Labute approximate surface area is 163 Å². The number of hydrogen-bond donors (Lipinski definition) is 1. The molecule has 0 atom stereocenters. The summed E-state index contributed by atoms with van der Waals surface area (Å²) >= 11 is 0. The van der Waals surface area contributed by atoms with E-state index < -0.39 is 0 Å². The van der Waals surface area contributed by atoms with Gasteiger partial charge in [0.25, 0.3) is 5.91 Å². The molecule has 0 bridgehead atoms. The lowest BCUT2D eigenvalue weighted by atomic mass is 10.1. The number of hydrogen-bond acceptors (Lipinski definition) is 3. The van der Waals surface area contributed by atoms with Crippen molar-refractivity contribution in [2.45, 2.75) is 31.7 Å². The van der Waals surface area contributed by atoms with Crippen LogP contribution in [0.3, 0.4) is 0 Å². The predicted molar refractivity (Wildman–Crippen MR) is 105 cm³/mol. The van der Waals surface area contributed by atoms with E-state index in [1.807, 2.05) is 24.3 Å². The Morgan fingerprint density at radius 2 is 1.93 bits per heavy atom. The van der Waals surface area contributed by atoms with Crippen LogP contribution in [-0.2, 0) is 0 Å². The van der Waals surface area contributed by atoms with Gasteiger partial charge in [0.05, 0.1) is 18.4 Å². The van der Waals surface area contributed by atoms with Gasteiger partial charge in [0.15, 0.2) is 0 Å². The van der Waals surface area contributed by atoms with E-state index in [2.05, 4.69) is 10.4 Å². The van der Waals surface area contributed by atoms with Gasteiger partial charge in [-0.25, -0.2) is 9.07 Å². The Hall–Kier alpha value is -3.15. The largest absolute Gasteiger partial charge is 0.497 e. The van der Waals surface area contributed by atoms with Gasteiger partial charge in [0.1, 0.15) is 17.3 Å². The van der Waals surface area contributed by atoms with Gasteiger partial charge in [0.2, 0.25) is 0 Å². The Morgan fingerprint density at radius 3 is 2.64 bits per heavy atom. The Morgan fingerprint density at radius 1 is 1.18 bits per heavy atom. The minimum Gasteiger partial charge on any atom is -0.497 e. The minimum atomic E-state index is -0.317. The van der Waals surface area contributed by atoms with Crippen molar-refractivity contribution >= 4 is 5.91 Å². The first-order valence-corrected chi connectivity index (χ1v) is 9.45. The zero-order chi connectivity index (χ0) is 19.5. The number of carbonyl (C=O) groups excluding carboxylic acids is 1. The maximum absolute atomic E-state index is 13.3. The van der Waals surface area contributed by atoms with E-state index in [0.717, 1.165) is 31.2 Å². The number of ether oxygens (including phenoxy) is 1. The summed E-state index contributed by atoms with van der Waals surface area (Å²) < 4.78 is 20.2. The van der Waals surface area contributed by atoms with Gasteiger partial charge in [-0.15, -0.1) is 0 Å². The molecule has 1 saturated carbocycles. The van der Waals surface area contributed by atoms with Crippen LogP contribution in [0, 0.1) is 5.82 Å². The quantitative estimate of drug-likeness (QED) is 0.717. The summed E-state index contributed by atoms with van der Waals surface area (Å²) in [4.78, 5) is 13.0. The fraction of sp³-hybridized carbons (Fsp3) is 0.273. The second kappa shape index (κ2) is 7.84. The number of halogens is 1. The maximum atomic E-state index is 13.3. The van der Waals surface area contributed by atoms with Gasteiger partial charge >= 0.3 is 0 Å². The van der Waals surface area contributed by atoms with Crippen molar-refractivity contribution in [1.82, 2.24) is 15.1 Å². The van der Waals surface area contributed by atoms with Crippen LogP contribution < -0.4 is 10.1 Å². The highest BCUT2D eigenvalue weighted by atomic mass is 19.1. The van der Waals surface area contributed by atoms with Crippen LogP contribution in [0.25, 0.3) is 16.9 Å². The van der Waals surface area contributed by atoms with Crippen molar-refractivity contribution in [3.05, 3.63) is 66.1 Å². The number of aromatic nitrogens is 2. The van der Waals surface area contributed by atoms with E-state index in [4.69, 9.17) is 4.74 Å². The minimum absolute atomic E-state index is 0.141. The molecule has 0 radical (unpaired) electrons. The van der Waals surface area contributed by atoms with Gasteiger partial charge in [-0.1, -0.05) is 25.0 Å². The van der Waals surface area contributed by atoms with Crippen molar-refractivity contribution in [3.8, 4) is 22.7 Å². The van der Waals surface area contributed by atoms with Gasteiger partial charge in [-0.05, 0) is 49.2 Å². The second-order valence-corrected chi connectivity index (χ2v) is 7.00. The van der Waals surface area contributed by atoms with Crippen LogP contribution in [0.5, 0.6) is 5.75 Å². The third-order valence-corrected chi connectivity index (χ3v) is 5.08. The standard InChI is InChI=1S/C22H22FN3O2/c1-28-19-8-4-5-15(13-19)21-20(22(27)24-17-6-2-3-7-17)14-26(25-21)18-11-9-16(23)10-12-18/h4-5,8-14,17H,2-3,6-7H2,1H3,(H,24,27). The molecule has 1 heterocycles. The first kappa shape index (κ1) is 18.2. The second-order valence-electron chi connectivity index (χ2n) is 7.00. The smallest absolute Gasteiger partial charge is 0.255 e. The number of nitrogens with one attached hydrogen (secondary N) is 1. The Balaban J connectivity index is 1.75. The monoisotopic (exact) mass is 379 g/mol. The molecule has 1 N–H and O–H groups in total. The van der Waals surface area contributed by atoms with Crippen molar-refractivity contribution in [2.75, 3.05) is 7.11 Å². The molecule has 1 aromatic heterocycles. The lowest BCUT2D eigenvalue weighted by Gasteiger charge is -2.11. The van der Waals surface area contributed by atoms with Gasteiger partial charge in [-0.3, -0.25) is 4.79 Å². The highest BCUT2D eigenvalue weighted by Gasteiger charge is 2.23. The average Bonchev–Trinajstić information content (AvgIpc) is 3.38. The van der Waals surface area contributed by atoms with Crippen LogP contribution in [0.4, 0.5) is 4.39 Å². The molecule has 144 valence electrons. The third kappa shape index (κ3) is 3.76. The summed E-state index contributed by atoms with van der Waals surface area (Å²) in [6.45, 7) is 0. The van der Waals surface area contributed by atoms with E-state index in [0.29, 0.717) is 22.7 Å². The van der Waals surface area contributed by atoms with E-state index in [1.165, 1.54) is 12.1 Å². The van der Waals surface area contributed by atoms with E-state index in [1.54, 1.807) is 30.1 Å². The molecular weight excluding hydrogens is 357 g/mol. The highest BCUT2D eigenvalue weighted by Crippen LogP contribution is 2.28. The van der Waals surface area contributed by atoms with Crippen molar-refractivity contribution in [2.24, 2.45) is 0 Å². The predicted octanol–water partition coefficient (Wildman–Crippen LogP) is 4.36.